The fourth-order valence-electron chi connectivity index (χ4n) is 3.66. The summed E-state index contributed by atoms with van der Waals surface area (Å²) < 4.78 is 11.3. The third kappa shape index (κ3) is 4.27. The van der Waals surface area contributed by atoms with Crippen LogP contribution >= 0.6 is 0 Å². The molecular weight excluding hydrogens is 308 g/mol. The Labute approximate surface area is 143 Å². The summed E-state index contributed by atoms with van der Waals surface area (Å²) in [5, 5.41) is 10.1. The van der Waals surface area contributed by atoms with Gasteiger partial charge >= 0.3 is 6.03 Å². The number of rotatable bonds is 5. The number of amides is 2. The molecule has 24 heavy (non-hydrogen) atoms. The molecule has 3 rings (SSSR count). The van der Waals surface area contributed by atoms with Crippen molar-refractivity contribution in [3.8, 4) is 0 Å². The van der Waals surface area contributed by atoms with Crippen LogP contribution in [0.5, 0.6) is 0 Å². The predicted octanol–water partition coefficient (Wildman–Crippen LogP) is 2.09. The third-order valence-corrected chi connectivity index (χ3v) is 4.89. The lowest BCUT2D eigenvalue weighted by Gasteiger charge is -2.33. The Balaban J connectivity index is 1.44. The molecule has 2 aliphatic rings. The van der Waals surface area contributed by atoms with Crippen LogP contribution in [0.4, 0.5) is 4.79 Å². The van der Waals surface area contributed by atoms with Gasteiger partial charge in [0.15, 0.2) is 5.79 Å². The van der Waals surface area contributed by atoms with Gasteiger partial charge in [-0.2, -0.15) is 5.10 Å². The second-order valence-electron chi connectivity index (χ2n) is 7.12. The molecule has 2 N–H and O–H groups in total. The first kappa shape index (κ1) is 17.2. The Hall–Kier alpha value is -1.60. The van der Waals surface area contributed by atoms with E-state index in [-0.39, 0.29) is 6.03 Å². The number of piperidine rings is 1. The minimum atomic E-state index is -0.499. The van der Waals surface area contributed by atoms with Crippen molar-refractivity contribution in [2.45, 2.75) is 44.8 Å². The molecule has 0 aliphatic carbocycles. The Morgan fingerprint density at radius 1 is 1.54 bits per heavy atom. The van der Waals surface area contributed by atoms with E-state index in [2.05, 4.69) is 22.4 Å². The summed E-state index contributed by atoms with van der Waals surface area (Å²) in [5.74, 6) is 0.148. The van der Waals surface area contributed by atoms with E-state index in [1.165, 1.54) is 0 Å². The molecule has 7 nitrogen and oxygen atoms in total. The van der Waals surface area contributed by atoms with E-state index >= 15 is 0 Å². The molecule has 2 fully saturated rings. The third-order valence-electron chi connectivity index (χ3n) is 4.89. The Bertz CT molecular complexity index is 528. The van der Waals surface area contributed by atoms with Crippen molar-refractivity contribution in [2.75, 3.05) is 32.8 Å². The fraction of sp³-hybridized carbons (Fsp3) is 0.765. The van der Waals surface area contributed by atoms with Gasteiger partial charge in [0.1, 0.15) is 0 Å². The molecule has 3 heterocycles. The minimum absolute atomic E-state index is 0.0180. The quantitative estimate of drug-likeness (QED) is 0.863. The number of likely N-dealkylation sites (tertiary alicyclic amines) is 1. The molecule has 0 radical (unpaired) electrons. The Kier molecular flexibility index (Phi) is 5.40. The van der Waals surface area contributed by atoms with Crippen molar-refractivity contribution in [1.29, 1.82) is 0 Å². The minimum Gasteiger partial charge on any atom is -0.348 e. The molecule has 2 saturated heterocycles. The number of hydrogen-bond donors (Lipinski definition) is 2. The molecule has 1 aromatic heterocycles. The maximum absolute atomic E-state index is 12.5. The van der Waals surface area contributed by atoms with Gasteiger partial charge in [-0.3, -0.25) is 5.10 Å². The number of nitrogens with zero attached hydrogens (tertiary/aromatic N) is 2. The maximum atomic E-state index is 12.5. The molecule has 0 aromatic carbocycles. The van der Waals surface area contributed by atoms with Crippen LogP contribution in [-0.4, -0.2) is 59.8 Å². The number of ether oxygens (including phenoxy) is 2. The predicted molar refractivity (Wildman–Crippen MR) is 89.6 cm³/mol. The van der Waals surface area contributed by atoms with E-state index in [0.717, 1.165) is 38.0 Å². The van der Waals surface area contributed by atoms with Crippen LogP contribution in [0.2, 0.25) is 0 Å². The first-order chi connectivity index (χ1) is 11.6. The zero-order chi connectivity index (χ0) is 17.0. The normalized spacial score (nSPS) is 24.8. The molecule has 0 saturated carbocycles. The monoisotopic (exact) mass is 336 g/mol. The van der Waals surface area contributed by atoms with E-state index < -0.39 is 5.79 Å². The second-order valence-corrected chi connectivity index (χ2v) is 7.12. The highest BCUT2D eigenvalue weighted by molar-refractivity contribution is 5.74. The summed E-state index contributed by atoms with van der Waals surface area (Å²) >= 11 is 0. The summed E-state index contributed by atoms with van der Waals surface area (Å²) in [7, 11) is 0. The first-order valence-corrected chi connectivity index (χ1v) is 8.86. The summed E-state index contributed by atoms with van der Waals surface area (Å²) in [5.41, 5.74) is 1.12. The average Bonchev–Trinajstić information content (AvgIpc) is 3.24. The summed E-state index contributed by atoms with van der Waals surface area (Å²) in [6.45, 7) is 7.57. The van der Waals surface area contributed by atoms with Gasteiger partial charge in [0.2, 0.25) is 0 Å². The van der Waals surface area contributed by atoms with Gasteiger partial charge in [-0.05, 0) is 31.7 Å². The number of aromatic amines is 1. The van der Waals surface area contributed by atoms with Crippen LogP contribution in [-0.2, 0) is 9.47 Å². The molecule has 2 atom stereocenters. The van der Waals surface area contributed by atoms with Gasteiger partial charge < -0.3 is 19.7 Å². The molecule has 7 heteroatoms. The van der Waals surface area contributed by atoms with E-state index in [4.69, 9.17) is 9.47 Å². The largest absolute Gasteiger partial charge is 0.348 e. The van der Waals surface area contributed by atoms with E-state index in [0.29, 0.717) is 31.6 Å². The molecule has 134 valence electrons. The van der Waals surface area contributed by atoms with E-state index in [1.54, 1.807) is 6.20 Å². The summed E-state index contributed by atoms with van der Waals surface area (Å²) in [6, 6.07) is 2.01. The maximum Gasteiger partial charge on any atom is 0.317 e. The lowest BCUT2D eigenvalue weighted by Crippen LogP contribution is -2.46. The molecule has 2 amide bonds. The van der Waals surface area contributed by atoms with Crippen molar-refractivity contribution in [1.82, 2.24) is 20.4 Å². The molecule has 1 aromatic rings. The number of H-pyrrole nitrogens is 1. The molecular formula is C17H28N4O3. The average molecular weight is 336 g/mol. The van der Waals surface area contributed by atoms with Gasteiger partial charge in [0.05, 0.1) is 13.2 Å². The van der Waals surface area contributed by atoms with Crippen molar-refractivity contribution in [2.24, 2.45) is 5.92 Å². The second kappa shape index (κ2) is 7.53. The molecule has 0 bridgehead atoms. The SMILES string of the molecule is C[C@@H](CNC(=O)N1CCC[C@H](c2ccn[nH]2)C1)CC1(C)OCCO1. The Morgan fingerprint density at radius 2 is 2.33 bits per heavy atom. The topological polar surface area (TPSA) is 79.5 Å². The van der Waals surface area contributed by atoms with Gasteiger partial charge in [0.25, 0.3) is 0 Å². The number of nitrogens with one attached hydrogen (secondary N) is 2. The van der Waals surface area contributed by atoms with Crippen LogP contribution in [0.25, 0.3) is 0 Å². The molecule has 0 spiro atoms. The summed E-state index contributed by atoms with van der Waals surface area (Å²) in [6.07, 6.45) is 4.66. The van der Waals surface area contributed by atoms with Gasteiger partial charge in [0, 0.05) is 43.9 Å². The van der Waals surface area contributed by atoms with Crippen LogP contribution in [0.1, 0.15) is 44.7 Å². The van der Waals surface area contributed by atoms with Crippen molar-refractivity contribution in [3.05, 3.63) is 18.0 Å². The van der Waals surface area contributed by atoms with Gasteiger partial charge in [-0.25, -0.2) is 4.79 Å². The smallest absolute Gasteiger partial charge is 0.317 e. The lowest BCUT2D eigenvalue weighted by molar-refractivity contribution is -0.153. The summed E-state index contributed by atoms with van der Waals surface area (Å²) in [4.78, 5) is 14.4. The highest BCUT2D eigenvalue weighted by Crippen LogP contribution is 2.27. The molecule has 0 unspecified atom stereocenters. The van der Waals surface area contributed by atoms with Gasteiger partial charge in [-0.15, -0.1) is 0 Å². The number of urea groups is 1. The number of carbonyl (C=O) groups excluding carboxylic acids is 1. The zero-order valence-corrected chi connectivity index (χ0v) is 14.6. The number of aromatic nitrogens is 2. The van der Waals surface area contributed by atoms with Crippen molar-refractivity contribution >= 4 is 6.03 Å². The highest BCUT2D eigenvalue weighted by Gasteiger charge is 2.33. The fourth-order valence-corrected chi connectivity index (χ4v) is 3.66. The number of carbonyl (C=O) groups is 1. The van der Waals surface area contributed by atoms with Crippen LogP contribution in [0.15, 0.2) is 12.3 Å². The van der Waals surface area contributed by atoms with Crippen molar-refractivity contribution < 1.29 is 14.3 Å². The van der Waals surface area contributed by atoms with Crippen molar-refractivity contribution in [3.63, 3.8) is 0 Å². The zero-order valence-electron chi connectivity index (χ0n) is 14.6. The molecule has 2 aliphatic heterocycles. The van der Waals surface area contributed by atoms with E-state index in [9.17, 15) is 4.79 Å². The van der Waals surface area contributed by atoms with Crippen LogP contribution in [0.3, 0.4) is 0 Å². The van der Waals surface area contributed by atoms with Gasteiger partial charge in [-0.1, -0.05) is 6.92 Å². The van der Waals surface area contributed by atoms with Crippen LogP contribution < -0.4 is 5.32 Å². The first-order valence-electron chi connectivity index (χ1n) is 8.86. The number of hydrogen-bond acceptors (Lipinski definition) is 4. The lowest BCUT2D eigenvalue weighted by atomic mass is 9.95. The standard InChI is InChI=1S/C17H28N4O3/c1-13(10-17(2)23-8-9-24-17)11-18-16(22)21-7-3-4-14(12-21)15-5-6-19-20-15/h5-6,13-14H,3-4,7-12H2,1-2H3,(H,18,22)(H,19,20)/t13-,14+/m1/s1. The Morgan fingerprint density at radius 3 is 3.04 bits per heavy atom. The highest BCUT2D eigenvalue weighted by atomic mass is 16.7. The van der Waals surface area contributed by atoms with Crippen LogP contribution in [0, 0.1) is 5.92 Å². The van der Waals surface area contributed by atoms with E-state index in [1.807, 2.05) is 17.9 Å².